The van der Waals surface area contributed by atoms with E-state index >= 15 is 0 Å². The molecular formula is C18H16FN3O2. The highest BCUT2D eigenvalue weighted by Gasteiger charge is 2.06. The normalized spacial score (nSPS) is 9.67. The molecule has 0 aliphatic heterocycles. The first-order valence-corrected chi connectivity index (χ1v) is 7.19. The van der Waals surface area contributed by atoms with E-state index in [-0.39, 0.29) is 24.8 Å². The van der Waals surface area contributed by atoms with Crippen molar-refractivity contribution in [3.05, 3.63) is 65.5 Å². The molecule has 0 heterocycles. The Morgan fingerprint density at radius 3 is 2.54 bits per heavy atom. The molecule has 6 heteroatoms. The number of rotatable bonds is 5. The molecule has 5 nitrogen and oxygen atoms in total. The summed E-state index contributed by atoms with van der Waals surface area (Å²) in [5, 5.41) is 7.65. The molecule has 0 atom stereocenters. The fraction of sp³-hybridized carbons (Fsp3) is 0.111. The Labute approximate surface area is 139 Å². The molecule has 0 aliphatic rings. The van der Waals surface area contributed by atoms with Crippen molar-refractivity contribution in [2.45, 2.75) is 6.54 Å². The number of carbonyl (C=O) groups excluding carboxylic acids is 2. The summed E-state index contributed by atoms with van der Waals surface area (Å²) in [5.74, 6) is 1.76. The highest BCUT2D eigenvalue weighted by Crippen LogP contribution is 2.09. The number of nitrogens with one attached hydrogen (secondary N) is 3. The van der Waals surface area contributed by atoms with Crippen LogP contribution in [-0.4, -0.2) is 18.5 Å². The molecule has 2 rings (SSSR count). The van der Waals surface area contributed by atoms with Crippen molar-refractivity contribution in [1.29, 1.82) is 0 Å². The van der Waals surface area contributed by atoms with Gasteiger partial charge < -0.3 is 16.0 Å². The molecule has 0 unspecified atom stereocenters. The van der Waals surface area contributed by atoms with E-state index in [4.69, 9.17) is 6.42 Å². The zero-order chi connectivity index (χ0) is 17.4. The first-order chi connectivity index (χ1) is 11.6. The van der Waals surface area contributed by atoms with Gasteiger partial charge in [0.25, 0.3) is 0 Å². The second-order valence-electron chi connectivity index (χ2n) is 4.94. The lowest BCUT2D eigenvalue weighted by atomic mass is 10.2. The molecule has 3 N–H and O–H groups in total. The Bertz CT molecular complexity index is 767. The summed E-state index contributed by atoms with van der Waals surface area (Å²) in [6, 6.07) is 12.1. The predicted octanol–water partition coefficient (Wildman–Crippen LogP) is 2.24. The number of benzene rings is 2. The minimum atomic E-state index is -0.494. The summed E-state index contributed by atoms with van der Waals surface area (Å²) < 4.78 is 12.8. The molecule has 3 amide bonds. The van der Waals surface area contributed by atoms with Crippen molar-refractivity contribution in [3.63, 3.8) is 0 Å². The van der Waals surface area contributed by atoms with Crippen LogP contribution in [0.2, 0.25) is 0 Å². The average Bonchev–Trinajstić information content (AvgIpc) is 2.59. The Hall–Kier alpha value is -3.33. The molecule has 0 fully saturated rings. The van der Waals surface area contributed by atoms with Crippen molar-refractivity contribution >= 4 is 17.6 Å². The Morgan fingerprint density at radius 2 is 1.83 bits per heavy atom. The molecule has 0 aromatic heterocycles. The van der Waals surface area contributed by atoms with E-state index in [1.165, 1.54) is 12.1 Å². The summed E-state index contributed by atoms with van der Waals surface area (Å²) in [5.41, 5.74) is 1.96. The van der Waals surface area contributed by atoms with Crippen LogP contribution in [0.25, 0.3) is 0 Å². The van der Waals surface area contributed by atoms with Crippen molar-refractivity contribution in [2.24, 2.45) is 0 Å². The van der Waals surface area contributed by atoms with Gasteiger partial charge >= 0.3 is 6.03 Å². The lowest BCUT2D eigenvalue weighted by Crippen LogP contribution is -2.39. The van der Waals surface area contributed by atoms with Gasteiger partial charge in [-0.25, -0.2) is 9.18 Å². The smallest absolute Gasteiger partial charge is 0.315 e. The molecule has 122 valence electrons. The molecule has 0 saturated heterocycles. The monoisotopic (exact) mass is 325 g/mol. The highest BCUT2D eigenvalue weighted by molar-refractivity contribution is 5.94. The van der Waals surface area contributed by atoms with Crippen molar-refractivity contribution in [2.75, 3.05) is 11.9 Å². The maximum absolute atomic E-state index is 12.8. The summed E-state index contributed by atoms with van der Waals surface area (Å²) in [4.78, 5) is 23.4. The van der Waals surface area contributed by atoms with Gasteiger partial charge in [0.15, 0.2) is 0 Å². The molecule has 0 saturated carbocycles. The van der Waals surface area contributed by atoms with Crippen LogP contribution < -0.4 is 16.0 Å². The Morgan fingerprint density at radius 1 is 1.08 bits per heavy atom. The van der Waals surface area contributed by atoms with Crippen LogP contribution in [0.3, 0.4) is 0 Å². The number of amides is 3. The maximum Gasteiger partial charge on any atom is 0.315 e. The van der Waals surface area contributed by atoms with E-state index in [2.05, 4.69) is 21.9 Å². The first kappa shape index (κ1) is 17.0. The molecule has 2 aromatic carbocycles. The third kappa shape index (κ3) is 5.46. The fourth-order valence-electron chi connectivity index (χ4n) is 1.90. The molecule has 0 radical (unpaired) electrons. The molecule has 2 aromatic rings. The zero-order valence-electron chi connectivity index (χ0n) is 12.8. The van der Waals surface area contributed by atoms with Gasteiger partial charge in [-0.3, -0.25) is 4.79 Å². The van der Waals surface area contributed by atoms with Crippen molar-refractivity contribution in [1.82, 2.24) is 10.6 Å². The molecule has 24 heavy (non-hydrogen) atoms. The van der Waals surface area contributed by atoms with E-state index in [1.807, 2.05) is 0 Å². The Kier molecular flexibility index (Phi) is 5.92. The molecule has 0 aliphatic carbocycles. The van der Waals surface area contributed by atoms with Crippen LogP contribution in [0.1, 0.15) is 11.1 Å². The second kappa shape index (κ2) is 8.34. The maximum atomic E-state index is 12.8. The quantitative estimate of drug-likeness (QED) is 0.738. The van der Waals surface area contributed by atoms with Gasteiger partial charge in [0.05, 0.1) is 6.54 Å². The third-order valence-corrected chi connectivity index (χ3v) is 3.09. The summed E-state index contributed by atoms with van der Waals surface area (Å²) in [6.45, 7) is 0.0491. The van der Waals surface area contributed by atoms with E-state index < -0.39 is 6.03 Å². The molecule has 0 spiro atoms. The predicted molar refractivity (Wildman–Crippen MR) is 89.6 cm³/mol. The van der Waals surface area contributed by atoms with Crippen LogP contribution >= 0.6 is 0 Å². The standard InChI is InChI=1S/C18H16FN3O2/c1-2-13-4-3-5-16(10-13)22-17(23)12-21-18(24)20-11-14-6-8-15(19)9-7-14/h1,3-10H,11-12H2,(H,22,23)(H2,20,21,24). The number of urea groups is 1. The van der Waals surface area contributed by atoms with Gasteiger partial charge in [-0.05, 0) is 35.9 Å². The lowest BCUT2D eigenvalue weighted by molar-refractivity contribution is -0.115. The van der Waals surface area contributed by atoms with Gasteiger partial charge in [-0.15, -0.1) is 6.42 Å². The van der Waals surface area contributed by atoms with Crippen molar-refractivity contribution in [3.8, 4) is 12.3 Å². The number of hydrogen-bond acceptors (Lipinski definition) is 2. The number of halogens is 1. The lowest BCUT2D eigenvalue weighted by Gasteiger charge is -2.09. The van der Waals surface area contributed by atoms with Crippen LogP contribution in [0, 0.1) is 18.2 Å². The SMILES string of the molecule is C#Cc1cccc(NC(=O)CNC(=O)NCc2ccc(F)cc2)c1. The number of carbonyl (C=O) groups is 2. The van der Waals surface area contributed by atoms with Gasteiger partial charge in [-0.2, -0.15) is 0 Å². The first-order valence-electron chi connectivity index (χ1n) is 7.19. The number of terminal acetylenes is 1. The molecule has 0 bridgehead atoms. The minimum absolute atomic E-state index is 0.185. The van der Waals surface area contributed by atoms with E-state index in [0.29, 0.717) is 11.3 Å². The third-order valence-electron chi connectivity index (χ3n) is 3.09. The average molecular weight is 325 g/mol. The van der Waals surface area contributed by atoms with Gasteiger partial charge in [0, 0.05) is 17.8 Å². The van der Waals surface area contributed by atoms with E-state index in [0.717, 1.165) is 5.56 Å². The van der Waals surface area contributed by atoms with Gasteiger partial charge in [0.2, 0.25) is 5.91 Å². The minimum Gasteiger partial charge on any atom is -0.334 e. The summed E-state index contributed by atoms with van der Waals surface area (Å²) >= 11 is 0. The van der Waals surface area contributed by atoms with Gasteiger partial charge in [-0.1, -0.05) is 24.1 Å². The van der Waals surface area contributed by atoms with E-state index in [1.54, 1.807) is 36.4 Å². The zero-order valence-corrected chi connectivity index (χ0v) is 12.8. The summed E-state index contributed by atoms with van der Waals surface area (Å²) in [7, 11) is 0. The van der Waals surface area contributed by atoms with Crippen LogP contribution in [0.4, 0.5) is 14.9 Å². The van der Waals surface area contributed by atoms with Crippen LogP contribution in [0.5, 0.6) is 0 Å². The number of hydrogen-bond donors (Lipinski definition) is 3. The van der Waals surface area contributed by atoms with Crippen molar-refractivity contribution < 1.29 is 14.0 Å². The number of anilines is 1. The van der Waals surface area contributed by atoms with Crippen LogP contribution in [-0.2, 0) is 11.3 Å². The fourth-order valence-corrected chi connectivity index (χ4v) is 1.90. The van der Waals surface area contributed by atoms with Gasteiger partial charge in [0.1, 0.15) is 5.82 Å². The summed E-state index contributed by atoms with van der Waals surface area (Å²) in [6.07, 6.45) is 5.29. The van der Waals surface area contributed by atoms with Crippen LogP contribution in [0.15, 0.2) is 48.5 Å². The largest absolute Gasteiger partial charge is 0.334 e. The molecular weight excluding hydrogens is 309 g/mol. The Balaban J connectivity index is 1.73. The highest BCUT2D eigenvalue weighted by atomic mass is 19.1. The van der Waals surface area contributed by atoms with E-state index in [9.17, 15) is 14.0 Å². The topological polar surface area (TPSA) is 70.2 Å². The second-order valence-corrected chi connectivity index (χ2v) is 4.94.